The molecule has 5 aliphatic heterocycles. The highest BCUT2D eigenvalue weighted by Gasteiger charge is 2.77. The van der Waals surface area contributed by atoms with Gasteiger partial charge >= 0.3 is 0 Å². The number of hydrogen-bond donors (Lipinski definition) is 10. The molecule has 9 rings (SSSR count). The summed E-state index contributed by atoms with van der Waals surface area (Å²) in [6.45, 7) is 7.67. The van der Waals surface area contributed by atoms with Crippen LogP contribution in [0.25, 0.3) is 0 Å². The third-order valence-electron chi connectivity index (χ3n) is 17.8. The first-order valence-corrected chi connectivity index (χ1v) is 22.9. The van der Waals surface area contributed by atoms with Crippen LogP contribution in [-0.2, 0) is 37.9 Å². The average molecular weight is 875 g/mol. The van der Waals surface area contributed by atoms with E-state index in [2.05, 4.69) is 20.8 Å². The molecule has 9 fully saturated rings. The van der Waals surface area contributed by atoms with Crippen LogP contribution in [0.2, 0.25) is 0 Å². The van der Waals surface area contributed by atoms with Gasteiger partial charge in [0, 0.05) is 24.2 Å². The lowest BCUT2D eigenvalue weighted by molar-refractivity contribution is -0.395. The zero-order valence-corrected chi connectivity index (χ0v) is 35.6. The van der Waals surface area contributed by atoms with Crippen molar-refractivity contribution < 1.29 is 89.0 Å². The molecule has 18 heteroatoms. The molecule has 0 aromatic rings. The highest BCUT2D eigenvalue weighted by atomic mass is 16.8. The third-order valence-corrected chi connectivity index (χ3v) is 17.8. The second-order valence-electron chi connectivity index (χ2n) is 20.6. The first-order valence-electron chi connectivity index (χ1n) is 22.9. The van der Waals surface area contributed by atoms with Gasteiger partial charge in [0.05, 0.1) is 44.2 Å². The fraction of sp³-hybridized carbons (Fsp3) is 1.00. The van der Waals surface area contributed by atoms with Gasteiger partial charge in [0.2, 0.25) is 0 Å². The summed E-state index contributed by atoms with van der Waals surface area (Å²) in [6, 6.07) is 0. The molecule has 18 nitrogen and oxygen atoms in total. The van der Waals surface area contributed by atoms with E-state index in [9.17, 15) is 51.1 Å². The van der Waals surface area contributed by atoms with E-state index in [0.29, 0.717) is 19.4 Å². The summed E-state index contributed by atoms with van der Waals surface area (Å²) in [5.41, 5.74) is -1.99. The van der Waals surface area contributed by atoms with Gasteiger partial charge in [0.25, 0.3) is 0 Å². The minimum atomic E-state index is -1.84. The second-order valence-corrected chi connectivity index (χ2v) is 20.6. The summed E-state index contributed by atoms with van der Waals surface area (Å²) in [5.74, 6) is -0.407. The highest BCUT2D eigenvalue weighted by Crippen LogP contribution is 2.73. The van der Waals surface area contributed by atoms with Crippen LogP contribution in [0, 0.1) is 40.4 Å². The zero-order chi connectivity index (χ0) is 43.6. The number of rotatable bonds is 7. The summed E-state index contributed by atoms with van der Waals surface area (Å²) in [5, 5.41) is 110. The van der Waals surface area contributed by atoms with E-state index in [-0.39, 0.29) is 42.1 Å². The minimum Gasteiger partial charge on any atom is -0.394 e. The molecule has 0 unspecified atom stereocenters. The van der Waals surface area contributed by atoms with Gasteiger partial charge in [0.1, 0.15) is 66.6 Å². The fourth-order valence-electron chi connectivity index (χ4n) is 14.3. The van der Waals surface area contributed by atoms with E-state index in [4.69, 9.17) is 37.9 Å². The van der Waals surface area contributed by atoms with Crippen molar-refractivity contribution in [2.75, 3.05) is 19.8 Å². The Morgan fingerprint density at radius 2 is 1.43 bits per heavy atom. The Kier molecular flexibility index (Phi) is 12.3. The molecule has 0 radical (unpaired) electrons. The highest BCUT2D eigenvalue weighted by molar-refractivity contribution is 5.23. The van der Waals surface area contributed by atoms with Gasteiger partial charge < -0.3 is 89.0 Å². The van der Waals surface area contributed by atoms with Crippen LogP contribution in [0.15, 0.2) is 0 Å². The molecule has 10 N–H and O–H groups in total. The fourth-order valence-corrected chi connectivity index (χ4v) is 14.3. The zero-order valence-electron chi connectivity index (χ0n) is 35.6. The topological polar surface area (TPSA) is 276 Å². The van der Waals surface area contributed by atoms with Gasteiger partial charge in [-0.1, -0.05) is 20.8 Å². The average Bonchev–Trinajstić information content (AvgIpc) is 3.58. The summed E-state index contributed by atoms with van der Waals surface area (Å²) in [4.78, 5) is 0. The maximum atomic E-state index is 12.9. The van der Waals surface area contributed by atoms with E-state index >= 15 is 0 Å². The lowest BCUT2D eigenvalue weighted by atomic mass is 9.43. The van der Waals surface area contributed by atoms with Gasteiger partial charge in [-0.25, -0.2) is 0 Å². The Bertz CT molecular complexity index is 1550. The van der Waals surface area contributed by atoms with E-state index in [0.717, 1.165) is 44.9 Å². The second kappa shape index (κ2) is 16.6. The van der Waals surface area contributed by atoms with Crippen LogP contribution < -0.4 is 0 Å². The van der Waals surface area contributed by atoms with Crippen molar-refractivity contribution in [3.05, 3.63) is 0 Å². The van der Waals surface area contributed by atoms with E-state index in [1.807, 2.05) is 0 Å². The standard InChI is InChI=1S/C43H70O18/c1-18-29(47)35(59-37-33(51)30(48)25(46)17-54-37)36(60-38-34(52)32(50)31(49)26(16-44)57-38)39(56-18)58-27-14-21(45)13-20-7-8-22-23(41(20,27)4)9-11-40(3)24(22)15-28-43(40,53)19(2)42(61-28)10-5-6-12-55-42/h18-39,44-53H,5-17H2,1-4H3/t18-,19-,20-,21-,22-,23+,24+,25-,26-,27-,28+,29-,30+,31-,32+,33-,34-,35+,36-,37+,38+,39+,40+,41+,42-,43-/m1/s1. The molecular formula is C43H70O18. The van der Waals surface area contributed by atoms with E-state index in [1.54, 1.807) is 6.92 Å². The van der Waals surface area contributed by atoms with Crippen LogP contribution in [0.5, 0.6) is 0 Å². The molecule has 5 saturated heterocycles. The Labute approximate surface area is 356 Å². The number of hydrogen-bond acceptors (Lipinski definition) is 18. The van der Waals surface area contributed by atoms with Crippen molar-refractivity contribution in [1.29, 1.82) is 0 Å². The summed E-state index contributed by atoms with van der Waals surface area (Å²) >= 11 is 0. The van der Waals surface area contributed by atoms with Gasteiger partial charge in [-0.05, 0) is 87.4 Å². The molecule has 61 heavy (non-hydrogen) atoms. The third kappa shape index (κ3) is 6.95. The molecular weight excluding hydrogens is 804 g/mol. The van der Waals surface area contributed by atoms with Crippen molar-refractivity contribution in [3.63, 3.8) is 0 Å². The van der Waals surface area contributed by atoms with Crippen LogP contribution in [0.3, 0.4) is 0 Å². The molecule has 0 aromatic heterocycles. The normalized spacial score (nSPS) is 59.7. The molecule has 4 saturated carbocycles. The molecule has 5 heterocycles. The van der Waals surface area contributed by atoms with Crippen LogP contribution in [0.4, 0.5) is 0 Å². The Morgan fingerprint density at radius 3 is 2.15 bits per heavy atom. The van der Waals surface area contributed by atoms with Crippen molar-refractivity contribution >= 4 is 0 Å². The van der Waals surface area contributed by atoms with Gasteiger partial charge in [-0.2, -0.15) is 0 Å². The first-order chi connectivity index (χ1) is 28.9. The smallest absolute Gasteiger partial charge is 0.187 e. The number of aliphatic hydroxyl groups excluding tert-OH is 9. The van der Waals surface area contributed by atoms with E-state index in [1.165, 1.54) is 0 Å². The minimum absolute atomic E-state index is 0.0621. The number of aliphatic hydroxyl groups is 10. The maximum Gasteiger partial charge on any atom is 0.187 e. The predicted octanol–water partition coefficient (Wildman–Crippen LogP) is -1.23. The molecule has 1 spiro atoms. The SMILES string of the molecule is C[C@@H]1[C@@]2(CCCCO2)O[C@H]2C[C@H]3[C@@H]4CC[C@@H]5C[C@@H](O)C[C@@H](O[C@@H]6O[C@H](C)[C@@H](O)[C@H](O[C@@H]7OC[C@@H](O)[C@H](O)[C@H]7O)[C@H]6O[C@@H]6O[C@H](CO)[C@@H](O)[C@H](O)[C@H]6O)[C@]5(C)[C@H]4CC[C@]3(C)[C@]21O. The van der Waals surface area contributed by atoms with Crippen LogP contribution in [0.1, 0.15) is 91.9 Å². The Balaban J connectivity index is 1.02. The number of ether oxygens (including phenoxy) is 8. The van der Waals surface area contributed by atoms with Gasteiger partial charge in [-0.3, -0.25) is 0 Å². The van der Waals surface area contributed by atoms with Gasteiger partial charge in [0.15, 0.2) is 24.7 Å². The quantitative estimate of drug-likeness (QED) is 0.143. The monoisotopic (exact) mass is 874 g/mol. The van der Waals surface area contributed by atoms with Crippen LogP contribution >= 0.6 is 0 Å². The molecule has 4 aliphatic carbocycles. The van der Waals surface area contributed by atoms with E-state index < -0.39 is 134 Å². The van der Waals surface area contributed by atoms with Crippen molar-refractivity contribution in [2.24, 2.45) is 40.4 Å². The van der Waals surface area contributed by atoms with Crippen molar-refractivity contribution in [3.8, 4) is 0 Å². The van der Waals surface area contributed by atoms with Crippen molar-refractivity contribution in [2.45, 2.75) is 208 Å². The largest absolute Gasteiger partial charge is 0.394 e. The van der Waals surface area contributed by atoms with Crippen molar-refractivity contribution in [1.82, 2.24) is 0 Å². The molecule has 0 aromatic carbocycles. The predicted molar refractivity (Wildman–Crippen MR) is 207 cm³/mol. The summed E-state index contributed by atoms with van der Waals surface area (Å²) in [6.07, 6.45) is -15.6. The molecule has 0 bridgehead atoms. The lowest BCUT2D eigenvalue weighted by Gasteiger charge is -2.64. The summed E-state index contributed by atoms with van der Waals surface area (Å²) < 4.78 is 50.4. The number of fused-ring (bicyclic) bond motifs is 7. The maximum absolute atomic E-state index is 12.9. The molecule has 0 amide bonds. The first kappa shape index (κ1) is 45.4. The van der Waals surface area contributed by atoms with Gasteiger partial charge in [-0.15, -0.1) is 0 Å². The lowest BCUT2D eigenvalue weighted by Crippen LogP contribution is -2.67. The molecule has 26 atom stereocenters. The van der Waals surface area contributed by atoms with Crippen LogP contribution in [-0.4, -0.2) is 187 Å². The molecule has 9 aliphatic rings. The Morgan fingerprint density at radius 1 is 0.689 bits per heavy atom. The Hall–Kier alpha value is -0.720. The summed E-state index contributed by atoms with van der Waals surface area (Å²) in [7, 11) is 0. The molecule has 350 valence electrons.